The van der Waals surface area contributed by atoms with Crippen LogP contribution in [-0.2, 0) is 140 Å². The standard InChI is InChI=1S/C77H123ClN2O30S2/c1-76(2)68-63-67(112(84,85)86)16-18-70(68)80(23-25-106-108-61-59-104-57-55-102-53-51-100-49-47-98-45-43-96-41-39-94-37-35-92-33-31-90-29-27-88-5)72(76)19-13-64-10-9-11-65(75(64)78)14-20-73-77(3,69-62-66(111-110-109-83)15-17-71(69)79(73)22-8-6-7-12-74(81)82)21-24-105-107-60-58-103-56-54-101-52-50-99-48-46-97-44-42-95-40-38-93-36-34-91-32-30-89-28-26-87-4/h13-20,62-63H,6-12,21-61H2,1-5H3,(H2-,81,82,83,84,85,86)/p-1. The molecule has 2 aliphatic heterocycles. The van der Waals surface area contributed by atoms with E-state index in [4.69, 9.17) is 121 Å². The van der Waals surface area contributed by atoms with Crippen molar-refractivity contribution >= 4 is 56.8 Å². The second-order valence-electron chi connectivity index (χ2n) is 26.0. The molecular weight excluding hydrogens is 1530 g/mol. The van der Waals surface area contributed by atoms with Gasteiger partial charge in [0, 0.05) is 71.6 Å². The van der Waals surface area contributed by atoms with Gasteiger partial charge in [-0.05, 0) is 112 Å². The number of rotatable bonds is 75. The fourth-order valence-corrected chi connectivity index (χ4v) is 13.1. The smallest absolute Gasteiger partial charge is 0.303 e. The number of halogens is 1. The summed E-state index contributed by atoms with van der Waals surface area (Å²) in [6.45, 7) is 22.7. The highest BCUT2D eigenvalue weighted by molar-refractivity contribution is 7.94. The predicted octanol–water partition coefficient (Wildman–Crippen LogP) is 7.51. The fraction of sp³-hybridized carbons (Fsp3) is 0.714. The van der Waals surface area contributed by atoms with Crippen LogP contribution < -0.4 is 10.2 Å². The zero-order chi connectivity index (χ0) is 80.3. The van der Waals surface area contributed by atoms with Gasteiger partial charge in [-0.2, -0.15) is 8.91 Å². The van der Waals surface area contributed by atoms with Crippen LogP contribution in [0.25, 0.3) is 0 Å². The molecule has 0 saturated heterocycles. The molecule has 1 atom stereocenters. The minimum atomic E-state index is -4.77. The molecule has 0 bridgehead atoms. The molecule has 35 heteroatoms. The maximum atomic E-state index is 12.3. The zero-order valence-corrected chi connectivity index (χ0v) is 68.5. The van der Waals surface area contributed by atoms with E-state index in [0.717, 1.165) is 52.3 Å². The maximum absolute atomic E-state index is 12.3. The topological polar surface area (TPSA) is 345 Å². The molecule has 1 unspecified atom stereocenters. The first kappa shape index (κ1) is 98.5. The normalized spacial score (nSPS) is 16.4. The van der Waals surface area contributed by atoms with Crippen molar-refractivity contribution in [3.63, 3.8) is 0 Å². The lowest BCUT2D eigenvalue weighted by molar-refractivity contribution is -0.777. The van der Waals surface area contributed by atoms with Gasteiger partial charge in [0.15, 0.2) is 12.3 Å². The number of nitrogens with zero attached hydrogens (tertiary/aromatic N) is 2. The molecule has 0 saturated carbocycles. The molecular formula is C77H122ClN2O30S2-. The van der Waals surface area contributed by atoms with Crippen molar-refractivity contribution in [2.24, 2.45) is 0 Å². The van der Waals surface area contributed by atoms with Crippen LogP contribution in [0.15, 0.2) is 92.4 Å². The molecule has 0 radical (unpaired) electrons. The van der Waals surface area contributed by atoms with Crippen LogP contribution in [0.2, 0.25) is 0 Å². The van der Waals surface area contributed by atoms with Crippen LogP contribution in [0.4, 0.5) is 11.4 Å². The van der Waals surface area contributed by atoms with Crippen molar-refractivity contribution in [3.05, 3.63) is 93.7 Å². The number of methoxy groups -OCH3 is 2. The highest BCUT2D eigenvalue weighted by atomic mass is 35.5. The average Bonchev–Trinajstić information content (AvgIpc) is 1.59. The molecule has 5 rings (SSSR count). The van der Waals surface area contributed by atoms with Gasteiger partial charge < -0.3 is 105 Å². The van der Waals surface area contributed by atoms with Gasteiger partial charge in [0.25, 0.3) is 0 Å². The highest BCUT2D eigenvalue weighted by Crippen LogP contribution is 2.52. The van der Waals surface area contributed by atoms with Gasteiger partial charge >= 0.3 is 5.97 Å². The van der Waals surface area contributed by atoms with Crippen molar-refractivity contribution in [2.45, 2.75) is 92.8 Å². The Balaban J connectivity index is 1.07. The van der Waals surface area contributed by atoms with Crippen LogP contribution in [0.1, 0.15) is 83.3 Å². The number of aliphatic carboxylic acids is 1. The summed E-state index contributed by atoms with van der Waals surface area (Å²) in [4.78, 5) is 36.6. The Morgan fingerprint density at radius 1 is 0.527 bits per heavy atom. The summed E-state index contributed by atoms with van der Waals surface area (Å²) in [5.74, 6) is -0.849. The van der Waals surface area contributed by atoms with Gasteiger partial charge in [-0.1, -0.05) is 30.2 Å². The monoisotopic (exact) mass is 1650 g/mol. The minimum Gasteiger partial charge on any atom is -0.744 e. The number of hydrogen-bond donors (Lipinski definition) is 1. The lowest BCUT2D eigenvalue weighted by Crippen LogP contribution is -2.30. The Bertz CT molecular complexity index is 3110. The average molecular weight is 1660 g/mol. The van der Waals surface area contributed by atoms with E-state index in [-0.39, 0.29) is 51.0 Å². The summed E-state index contributed by atoms with van der Waals surface area (Å²) in [6, 6.07) is 10.2. The van der Waals surface area contributed by atoms with E-state index in [0.29, 0.717) is 284 Å². The van der Waals surface area contributed by atoms with Gasteiger partial charge in [0.05, 0.1) is 254 Å². The third-order valence-corrected chi connectivity index (χ3v) is 19.5. The van der Waals surface area contributed by atoms with Crippen LogP contribution in [0.5, 0.6) is 0 Å². The molecule has 3 aliphatic rings. The molecule has 1 N–H and O–H groups in total. The van der Waals surface area contributed by atoms with E-state index in [9.17, 15) is 28.1 Å². The van der Waals surface area contributed by atoms with E-state index >= 15 is 0 Å². The first-order valence-corrected chi connectivity index (χ1v) is 40.9. The number of carbonyl (C=O) groups is 1. The second-order valence-corrected chi connectivity index (χ2v) is 28.5. The molecule has 112 heavy (non-hydrogen) atoms. The van der Waals surface area contributed by atoms with Crippen molar-refractivity contribution in [1.82, 2.24) is 0 Å². The summed E-state index contributed by atoms with van der Waals surface area (Å²) >= 11 is 8.23. The Hall–Kier alpha value is -4.11. The van der Waals surface area contributed by atoms with Crippen LogP contribution in [0.3, 0.4) is 0 Å². The van der Waals surface area contributed by atoms with Crippen molar-refractivity contribution < 1.29 is 147 Å². The number of hydrogen-bond acceptors (Lipinski definition) is 31. The largest absolute Gasteiger partial charge is 0.744 e. The molecule has 0 amide bonds. The predicted molar refractivity (Wildman–Crippen MR) is 410 cm³/mol. The SMILES string of the molecule is COCCOCCOCCOCCOCCOCCOCCOCCOCCOOCC[N+]1=C(C=CC2=C(Cl)C(=CC=C3N(CCCCCC(=O)O)c4ccc(SOO[O-])cc4C3(C)CCOOCCOCCOCCOCCOCCOCCOCCOCCOCCOC)CCC2)C(C)(C)c2cc(S(=O)(=O)[O-])ccc21. The molecule has 0 spiro atoms. The Labute approximate surface area is 670 Å². The minimum absolute atomic E-state index is 0.0628. The number of benzene rings is 2. The summed E-state index contributed by atoms with van der Waals surface area (Å²) in [6.07, 6.45) is 12.7. The first-order valence-electron chi connectivity index (χ1n) is 38.4. The second kappa shape index (κ2) is 62.1. The lowest BCUT2D eigenvalue weighted by Gasteiger charge is -2.30. The van der Waals surface area contributed by atoms with E-state index < -0.39 is 26.9 Å². The Morgan fingerprint density at radius 2 is 0.955 bits per heavy atom. The molecule has 2 aromatic rings. The van der Waals surface area contributed by atoms with Gasteiger partial charge in [0.1, 0.15) is 29.9 Å². The van der Waals surface area contributed by atoms with E-state index in [2.05, 4.69) is 29.0 Å². The van der Waals surface area contributed by atoms with Gasteiger partial charge in [-0.3, -0.25) is 9.83 Å². The Morgan fingerprint density at radius 3 is 1.38 bits per heavy atom. The van der Waals surface area contributed by atoms with E-state index in [1.165, 1.54) is 12.1 Å². The number of fused-ring (bicyclic) bond motifs is 2. The number of unbranched alkanes of at least 4 members (excludes halogenated alkanes) is 2. The van der Waals surface area contributed by atoms with Crippen LogP contribution in [-0.4, -0.2) is 313 Å². The molecule has 640 valence electrons. The quantitative estimate of drug-likeness (QED) is 0.0167. The van der Waals surface area contributed by atoms with Gasteiger partial charge in [-0.25, -0.2) is 28.0 Å². The zero-order valence-electron chi connectivity index (χ0n) is 66.1. The molecule has 0 fully saturated rings. The molecule has 2 heterocycles. The number of anilines is 1. The van der Waals surface area contributed by atoms with Crippen molar-refractivity contribution in [3.8, 4) is 0 Å². The summed E-state index contributed by atoms with van der Waals surface area (Å²) in [5, 5.41) is 24.7. The summed E-state index contributed by atoms with van der Waals surface area (Å²) in [7, 11) is -1.51. The van der Waals surface area contributed by atoms with Gasteiger partial charge in [0.2, 0.25) is 5.69 Å². The van der Waals surface area contributed by atoms with Crippen LogP contribution >= 0.6 is 23.6 Å². The third kappa shape index (κ3) is 40.8. The number of carboxylic acid groups (broad SMARTS) is 1. The summed E-state index contributed by atoms with van der Waals surface area (Å²) in [5.41, 5.74) is 5.30. The number of allylic oxidation sites excluding steroid dienone is 8. The van der Waals surface area contributed by atoms with Crippen LogP contribution in [0, 0.1) is 0 Å². The fourth-order valence-electron chi connectivity index (χ4n) is 11.8. The van der Waals surface area contributed by atoms with Crippen molar-refractivity contribution in [1.29, 1.82) is 0 Å². The van der Waals surface area contributed by atoms with E-state index in [1.807, 2.05) is 48.8 Å². The third-order valence-electron chi connectivity index (χ3n) is 17.6. The molecule has 32 nitrogen and oxygen atoms in total. The molecule has 2 aromatic carbocycles. The van der Waals surface area contributed by atoms with Gasteiger partial charge in [-0.15, -0.1) is 0 Å². The first-order chi connectivity index (χ1) is 54.7. The molecule has 1 aliphatic carbocycles. The maximum Gasteiger partial charge on any atom is 0.303 e. The number of ether oxygens (including phenoxy) is 18. The number of carboxylic acids is 1. The molecule has 0 aromatic heterocycles. The van der Waals surface area contributed by atoms with Crippen molar-refractivity contribution in [2.75, 3.05) is 283 Å². The Kier molecular flexibility index (Phi) is 54.6. The highest BCUT2D eigenvalue weighted by Gasteiger charge is 2.46. The lowest BCUT2D eigenvalue weighted by atomic mass is 9.78. The van der Waals surface area contributed by atoms with E-state index in [1.54, 1.807) is 20.3 Å². The summed E-state index contributed by atoms with van der Waals surface area (Å²) < 4.78 is 142.